The Hall–Kier alpha value is -2.30. The van der Waals surface area contributed by atoms with E-state index in [0.717, 1.165) is 25.9 Å². The summed E-state index contributed by atoms with van der Waals surface area (Å²) in [5.74, 6) is 6.35. The first-order valence-corrected chi connectivity index (χ1v) is 9.40. The molecule has 26 heavy (non-hydrogen) atoms. The average Bonchev–Trinajstić information content (AvgIpc) is 2.60. The molecule has 0 aromatic heterocycles. The molecular weight excluding hydrogens is 314 g/mol. The molecule has 0 N–H and O–H groups in total. The maximum absolute atomic E-state index is 3.22. The predicted molar refractivity (Wildman–Crippen MR) is 113 cm³/mol. The summed E-state index contributed by atoms with van der Waals surface area (Å²) in [4.78, 5) is 2.31. The third-order valence-electron chi connectivity index (χ3n) is 4.05. The van der Waals surface area contributed by atoms with Crippen LogP contribution in [0.15, 0.2) is 66.7 Å². The van der Waals surface area contributed by atoms with Gasteiger partial charge in [-0.2, -0.15) is 0 Å². The zero-order valence-corrected chi connectivity index (χ0v) is 16.6. The highest BCUT2D eigenvalue weighted by Gasteiger charge is 2.03. The van der Waals surface area contributed by atoms with Crippen LogP contribution in [0.1, 0.15) is 37.5 Å². The van der Waals surface area contributed by atoms with E-state index in [1.807, 2.05) is 6.08 Å². The molecule has 0 aliphatic carbocycles. The van der Waals surface area contributed by atoms with Crippen LogP contribution in [-0.2, 0) is 19.4 Å². The summed E-state index contributed by atoms with van der Waals surface area (Å²) in [6, 6.07) is 19.7. The molecule has 0 bridgehead atoms. The molecule has 2 rings (SSSR count). The smallest absolute Gasteiger partial charge is 0.0234 e. The zero-order valence-electron chi connectivity index (χ0n) is 16.6. The molecule has 136 valence electrons. The molecular formula is C25H31N. The van der Waals surface area contributed by atoms with Gasteiger partial charge in [-0.05, 0) is 63.4 Å². The number of nitrogens with zero attached hydrogens (tertiary/aromatic N) is 1. The summed E-state index contributed by atoms with van der Waals surface area (Å²) in [6.45, 7) is 8.25. The van der Waals surface area contributed by atoms with Crippen molar-refractivity contribution >= 4 is 0 Å². The number of likely N-dealkylation sites (N-methyl/N-ethyl adjacent to an activating group) is 1. The van der Waals surface area contributed by atoms with E-state index >= 15 is 0 Å². The van der Waals surface area contributed by atoms with Gasteiger partial charge in [0.05, 0.1) is 0 Å². The predicted octanol–water partition coefficient (Wildman–Crippen LogP) is 5.51. The highest BCUT2D eigenvalue weighted by molar-refractivity contribution is 5.25. The highest BCUT2D eigenvalue weighted by Crippen LogP contribution is 2.12. The minimum absolute atomic E-state index is 0.0659. The SMILES string of the molecule is CN(C/C=C/C#CC(C)(C)C)Cc1cccc(CCc2ccccc2)c1. The van der Waals surface area contributed by atoms with E-state index in [2.05, 4.69) is 105 Å². The van der Waals surface area contributed by atoms with Gasteiger partial charge >= 0.3 is 0 Å². The minimum atomic E-state index is 0.0659. The average molecular weight is 346 g/mol. The third-order valence-corrected chi connectivity index (χ3v) is 4.05. The van der Waals surface area contributed by atoms with Gasteiger partial charge in [0, 0.05) is 18.5 Å². The fourth-order valence-electron chi connectivity index (χ4n) is 2.74. The molecule has 0 radical (unpaired) electrons. The van der Waals surface area contributed by atoms with E-state index in [1.165, 1.54) is 16.7 Å². The maximum atomic E-state index is 3.22. The molecule has 0 saturated heterocycles. The van der Waals surface area contributed by atoms with Gasteiger partial charge < -0.3 is 0 Å². The summed E-state index contributed by atoms with van der Waals surface area (Å²) in [7, 11) is 2.15. The molecule has 0 fully saturated rings. The molecule has 0 saturated carbocycles. The van der Waals surface area contributed by atoms with E-state index in [4.69, 9.17) is 0 Å². The Balaban J connectivity index is 1.83. The van der Waals surface area contributed by atoms with Gasteiger partial charge in [0.2, 0.25) is 0 Å². The van der Waals surface area contributed by atoms with E-state index < -0.39 is 0 Å². The topological polar surface area (TPSA) is 3.24 Å². The Bertz CT molecular complexity index is 754. The quantitative estimate of drug-likeness (QED) is 0.598. The van der Waals surface area contributed by atoms with Crippen LogP contribution in [0.2, 0.25) is 0 Å². The number of hydrogen-bond acceptors (Lipinski definition) is 1. The van der Waals surface area contributed by atoms with E-state index in [0.29, 0.717) is 0 Å². The number of benzene rings is 2. The van der Waals surface area contributed by atoms with Crippen molar-refractivity contribution in [2.24, 2.45) is 5.41 Å². The Kier molecular flexibility index (Phi) is 7.70. The van der Waals surface area contributed by atoms with Crippen LogP contribution < -0.4 is 0 Å². The monoisotopic (exact) mass is 345 g/mol. The Morgan fingerprint density at radius 1 is 0.885 bits per heavy atom. The summed E-state index contributed by atoms with van der Waals surface area (Å²) in [6.07, 6.45) is 6.29. The second-order valence-corrected chi connectivity index (χ2v) is 7.92. The number of rotatable bonds is 7. The lowest BCUT2D eigenvalue weighted by molar-refractivity contribution is 0.363. The molecule has 0 atom stereocenters. The first-order chi connectivity index (χ1) is 12.4. The van der Waals surface area contributed by atoms with Gasteiger partial charge in [-0.1, -0.05) is 72.5 Å². The van der Waals surface area contributed by atoms with Gasteiger partial charge in [-0.3, -0.25) is 4.90 Å². The van der Waals surface area contributed by atoms with Crippen molar-refractivity contribution in [3.05, 3.63) is 83.4 Å². The summed E-state index contributed by atoms with van der Waals surface area (Å²) in [5, 5.41) is 0. The second-order valence-electron chi connectivity index (χ2n) is 7.92. The van der Waals surface area contributed by atoms with E-state index in [-0.39, 0.29) is 5.41 Å². The van der Waals surface area contributed by atoms with Crippen molar-refractivity contribution in [3.63, 3.8) is 0 Å². The van der Waals surface area contributed by atoms with Crippen molar-refractivity contribution in [3.8, 4) is 11.8 Å². The van der Waals surface area contributed by atoms with Gasteiger partial charge in [-0.15, -0.1) is 0 Å². The summed E-state index contributed by atoms with van der Waals surface area (Å²) >= 11 is 0. The van der Waals surface area contributed by atoms with E-state index in [1.54, 1.807) is 0 Å². The van der Waals surface area contributed by atoms with E-state index in [9.17, 15) is 0 Å². The normalized spacial score (nSPS) is 11.6. The van der Waals surface area contributed by atoms with Crippen LogP contribution in [0.4, 0.5) is 0 Å². The summed E-state index contributed by atoms with van der Waals surface area (Å²) < 4.78 is 0. The van der Waals surface area contributed by atoms with Crippen molar-refractivity contribution in [2.45, 2.75) is 40.2 Å². The van der Waals surface area contributed by atoms with Gasteiger partial charge in [0.15, 0.2) is 0 Å². The lowest BCUT2D eigenvalue weighted by Gasteiger charge is -2.15. The lowest BCUT2D eigenvalue weighted by Crippen LogP contribution is -2.17. The number of hydrogen-bond donors (Lipinski definition) is 0. The van der Waals surface area contributed by atoms with Crippen LogP contribution in [0.5, 0.6) is 0 Å². The molecule has 0 aliphatic heterocycles. The molecule has 0 spiro atoms. The van der Waals surface area contributed by atoms with Crippen molar-refractivity contribution in [2.75, 3.05) is 13.6 Å². The number of allylic oxidation sites excluding steroid dienone is 1. The largest absolute Gasteiger partial charge is 0.298 e. The van der Waals surface area contributed by atoms with Crippen molar-refractivity contribution in [1.82, 2.24) is 4.90 Å². The standard InChI is InChI=1S/C25H31N/c1-25(2,3)18-9-6-10-19-26(4)21-24-15-11-14-23(20-24)17-16-22-12-7-5-8-13-22/h5-8,10-15,20H,16-17,19,21H2,1-4H3/b10-6+. The molecule has 2 aromatic rings. The summed E-state index contributed by atoms with van der Waals surface area (Å²) in [5.41, 5.74) is 4.24. The third kappa shape index (κ3) is 8.19. The van der Waals surface area contributed by atoms with Crippen LogP contribution in [0.25, 0.3) is 0 Å². The first kappa shape index (κ1) is 20.0. The molecule has 0 amide bonds. The Morgan fingerprint density at radius 2 is 1.54 bits per heavy atom. The minimum Gasteiger partial charge on any atom is -0.298 e. The first-order valence-electron chi connectivity index (χ1n) is 9.40. The fraction of sp³-hybridized carbons (Fsp3) is 0.360. The van der Waals surface area contributed by atoms with Gasteiger partial charge in [-0.25, -0.2) is 0 Å². The van der Waals surface area contributed by atoms with Crippen LogP contribution >= 0.6 is 0 Å². The molecule has 0 unspecified atom stereocenters. The zero-order chi connectivity index (χ0) is 18.8. The molecule has 1 heteroatoms. The Labute approximate surface area is 159 Å². The van der Waals surface area contributed by atoms with Crippen LogP contribution in [0, 0.1) is 17.3 Å². The van der Waals surface area contributed by atoms with Crippen molar-refractivity contribution < 1.29 is 0 Å². The number of aryl methyl sites for hydroxylation is 2. The van der Waals surface area contributed by atoms with Gasteiger partial charge in [0.1, 0.15) is 0 Å². The van der Waals surface area contributed by atoms with Crippen LogP contribution in [0.3, 0.4) is 0 Å². The fourth-order valence-corrected chi connectivity index (χ4v) is 2.74. The van der Waals surface area contributed by atoms with Crippen LogP contribution in [-0.4, -0.2) is 18.5 Å². The molecule has 1 nitrogen and oxygen atoms in total. The molecule has 0 aliphatic rings. The molecule has 2 aromatic carbocycles. The lowest BCUT2D eigenvalue weighted by atomic mass is 9.98. The maximum Gasteiger partial charge on any atom is 0.0234 e. The van der Waals surface area contributed by atoms with Gasteiger partial charge in [0.25, 0.3) is 0 Å². The Morgan fingerprint density at radius 3 is 2.27 bits per heavy atom. The van der Waals surface area contributed by atoms with Crippen molar-refractivity contribution in [1.29, 1.82) is 0 Å². The second kappa shape index (κ2) is 10.00. The molecule has 0 heterocycles. The highest BCUT2D eigenvalue weighted by atomic mass is 15.1.